The van der Waals surface area contributed by atoms with Crippen LogP contribution >= 0.6 is 0 Å². The Kier molecular flexibility index (Phi) is 4.28. The smallest absolute Gasteiger partial charge is 0.274 e. The summed E-state index contributed by atoms with van der Waals surface area (Å²) in [6.45, 7) is 1.86. The molecule has 1 aliphatic carbocycles. The van der Waals surface area contributed by atoms with E-state index in [9.17, 15) is 4.79 Å². The summed E-state index contributed by atoms with van der Waals surface area (Å²) < 4.78 is 5.27. The maximum Gasteiger partial charge on any atom is 0.274 e. The van der Waals surface area contributed by atoms with Crippen molar-refractivity contribution >= 4 is 5.91 Å². The first-order valence-electron chi connectivity index (χ1n) is 7.80. The lowest BCUT2D eigenvalue weighted by atomic mass is 9.75. The predicted octanol–water partition coefficient (Wildman–Crippen LogP) is 2.81. The monoisotopic (exact) mass is 311 g/mol. The molecule has 23 heavy (non-hydrogen) atoms. The molecule has 0 radical (unpaired) electrons. The normalized spacial score (nSPS) is 19.8. The van der Waals surface area contributed by atoms with Gasteiger partial charge in [0.05, 0.1) is 12.8 Å². The molecule has 0 atom stereocenters. The van der Waals surface area contributed by atoms with Crippen molar-refractivity contribution in [2.24, 2.45) is 0 Å². The van der Waals surface area contributed by atoms with Gasteiger partial charge in [-0.3, -0.25) is 4.79 Å². The molecule has 1 aromatic carbocycles. The van der Waals surface area contributed by atoms with Crippen LogP contribution in [0.15, 0.2) is 36.4 Å². The largest absolute Gasteiger partial charge is 0.497 e. The minimum absolute atomic E-state index is 0.0633. The second-order valence-electron chi connectivity index (χ2n) is 6.07. The van der Waals surface area contributed by atoms with Gasteiger partial charge >= 0.3 is 0 Å². The van der Waals surface area contributed by atoms with E-state index in [1.54, 1.807) is 18.1 Å². The van der Waals surface area contributed by atoms with Crippen LogP contribution in [0, 0.1) is 6.92 Å². The van der Waals surface area contributed by atoms with Crippen LogP contribution in [-0.4, -0.2) is 41.2 Å². The molecular formula is C18H21N3O2. The Labute approximate surface area is 136 Å². The van der Waals surface area contributed by atoms with Crippen molar-refractivity contribution in [2.75, 3.05) is 14.2 Å². The van der Waals surface area contributed by atoms with E-state index in [1.165, 1.54) is 5.56 Å². The van der Waals surface area contributed by atoms with Gasteiger partial charge < -0.3 is 9.64 Å². The Morgan fingerprint density at radius 1 is 1.22 bits per heavy atom. The molecule has 0 bridgehead atoms. The van der Waals surface area contributed by atoms with Gasteiger partial charge in [0.15, 0.2) is 5.69 Å². The molecule has 1 saturated carbocycles. The number of amides is 1. The van der Waals surface area contributed by atoms with E-state index >= 15 is 0 Å². The van der Waals surface area contributed by atoms with Crippen molar-refractivity contribution in [3.05, 3.63) is 53.3 Å². The van der Waals surface area contributed by atoms with Crippen LogP contribution in [0.25, 0.3) is 0 Å². The number of ether oxygens (including phenoxy) is 1. The molecule has 0 spiro atoms. The number of hydrogen-bond donors (Lipinski definition) is 0. The molecule has 0 N–H and O–H groups in total. The summed E-state index contributed by atoms with van der Waals surface area (Å²) in [4.78, 5) is 14.2. The van der Waals surface area contributed by atoms with Gasteiger partial charge in [0.25, 0.3) is 5.91 Å². The van der Waals surface area contributed by atoms with Crippen LogP contribution in [0.2, 0.25) is 0 Å². The molecule has 1 fully saturated rings. The van der Waals surface area contributed by atoms with Crippen molar-refractivity contribution in [2.45, 2.75) is 31.7 Å². The number of aromatic nitrogens is 2. The molecule has 1 aromatic heterocycles. The van der Waals surface area contributed by atoms with E-state index in [1.807, 2.05) is 32.2 Å². The zero-order valence-electron chi connectivity index (χ0n) is 13.7. The van der Waals surface area contributed by atoms with Crippen LogP contribution in [-0.2, 0) is 0 Å². The minimum atomic E-state index is -0.0633. The number of hydrogen-bond acceptors (Lipinski definition) is 4. The molecule has 2 aromatic rings. The molecule has 0 saturated heterocycles. The Bertz CT molecular complexity index is 694. The van der Waals surface area contributed by atoms with Crippen molar-refractivity contribution in [3.63, 3.8) is 0 Å². The van der Waals surface area contributed by atoms with Crippen molar-refractivity contribution in [3.8, 4) is 5.75 Å². The van der Waals surface area contributed by atoms with Gasteiger partial charge in [-0.15, -0.1) is 5.10 Å². The SMILES string of the molecule is COc1cccc(C2CC(N(C)C(=O)c3ccc(C)nn3)C2)c1. The zero-order chi connectivity index (χ0) is 16.4. The third kappa shape index (κ3) is 3.18. The number of carbonyl (C=O) groups is 1. The third-order valence-corrected chi connectivity index (χ3v) is 4.56. The van der Waals surface area contributed by atoms with Crippen LogP contribution in [0.4, 0.5) is 0 Å². The highest BCUT2D eigenvalue weighted by molar-refractivity contribution is 5.92. The number of aryl methyl sites for hydroxylation is 1. The van der Waals surface area contributed by atoms with E-state index in [-0.39, 0.29) is 11.9 Å². The van der Waals surface area contributed by atoms with E-state index in [2.05, 4.69) is 22.3 Å². The van der Waals surface area contributed by atoms with Gasteiger partial charge in [-0.2, -0.15) is 5.10 Å². The Balaban J connectivity index is 1.62. The second kappa shape index (κ2) is 6.36. The Morgan fingerprint density at radius 3 is 2.65 bits per heavy atom. The molecular weight excluding hydrogens is 290 g/mol. The highest BCUT2D eigenvalue weighted by atomic mass is 16.5. The standard InChI is InChI=1S/C18H21N3O2/c1-12-7-8-17(20-19-12)18(22)21(2)15-9-14(10-15)13-5-4-6-16(11-13)23-3/h4-8,11,14-15H,9-10H2,1-3H3. The molecule has 5 heteroatoms. The maximum atomic E-state index is 12.4. The first kappa shape index (κ1) is 15.5. The number of nitrogens with zero attached hydrogens (tertiary/aromatic N) is 3. The van der Waals surface area contributed by atoms with Gasteiger partial charge in [0, 0.05) is 13.1 Å². The zero-order valence-corrected chi connectivity index (χ0v) is 13.7. The van der Waals surface area contributed by atoms with E-state index < -0.39 is 0 Å². The summed E-state index contributed by atoms with van der Waals surface area (Å²) in [5, 5.41) is 7.94. The molecule has 120 valence electrons. The fourth-order valence-corrected chi connectivity index (χ4v) is 2.93. The van der Waals surface area contributed by atoms with E-state index in [0.717, 1.165) is 24.3 Å². The summed E-state index contributed by atoms with van der Waals surface area (Å²) in [7, 11) is 3.52. The predicted molar refractivity (Wildman–Crippen MR) is 87.6 cm³/mol. The summed E-state index contributed by atoms with van der Waals surface area (Å²) in [5.74, 6) is 1.30. The first-order valence-corrected chi connectivity index (χ1v) is 7.80. The molecule has 1 aliphatic rings. The number of carbonyl (C=O) groups excluding carboxylic acids is 1. The quantitative estimate of drug-likeness (QED) is 0.871. The van der Waals surface area contributed by atoms with Crippen LogP contribution in [0.1, 0.15) is 40.5 Å². The van der Waals surface area contributed by atoms with Crippen molar-refractivity contribution in [1.82, 2.24) is 15.1 Å². The highest BCUT2D eigenvalue weighted by Crippen LogP contribution is 2.40. The fraction of sp³-hybridized carbons (Fsp3) is 0.389. The summed E-state index contributed by atoms with van der Waals surface area (Å²) in [6, 6.07) is 12.0. The Morgan fingerprint density at radius 2 is 2.00 bits per heavy atom. The van der Waals surface area contributed by atoms with Crippen LogP contribution < -0.4 is 4.74 Å². The maximum absolute atomic E-state index is 12.4. The molecule has 5 nitrogen and oxygen atoms in total. The average molecular weight is 311 g/mol. The van der Waals surface area contributed by atoms with Crippen molar-refractivity contribution in [1.29, 1.82) is 0 Å². The highest BCUT2D eigenvalue weighted by Gasteiger charge is 2.35. The van der Waals surface area contributed by atoms with Crippen LogP contribution in [0.3, 0.4) is 0 Å². The van der Waals surface area contributed by atoms with Gasteiger partial charge in [-0.05, 0) is 55.5 Å². The lowest BCUT2D eigenvalue weighted by Crippen LogP contribution is -2.45. The molecule has 3 rings (SSSR count). The van der Waals surface area contributed by atoms with Gasteiger partial charge in [-0.25, -0.2) is 0 Å². The molecule has 1 heterocycles. The van der Waals surface area contributed by atoms with Gasteiger partial charge in [0.1, 0.15) is 5.75 Å². The topological polar surface area (TPSA) is 55.3 Å². The Hall–Kier alpha value is -2.43. The fourth-order valence-electron chi connectivity index (χ4n) is 2.93. The lowest BCUT2D eigenvalue weighted by molar-refractivity contribution is 0.0613. The minimum Gasteiger partial charge on any atom is -0.497 e. The van der Waals surface area contributed by atoms with E-state index in [0.29, 0.717) is 11.6 Å². The van der Waals surface area contributed by atoms with Gasteiger partial charge in [0.2, 0.25) is 0 Å². The lowest BCUT2D eigenvalue weighted by Gasteiger charge is -2.41. The number of rotatable bonds is 4. The number of benzene rings is 1. The van der Waals surface area contributed by atoms with Gasteiger partial charge in [-0.1, -0.05) is 12.1 Å². The second-order valence-corrected chi connectivity index (χ2v) is 6.07. The summed E-state index contributed by atoms with van der Waals surface area (Å²) in [5.41, 5.74) is 2.49. The average Bonchev–Trinajstić information content (AvgIpc) is 2.53. The first-order chi connectivity index (χ1) is 11.1. The number of methoxy groups -OCH3 is 1. The van der Waals surface area contributed by atoms with E-state index in [4.69, 9.17) is 4.74 Å². The van der Waals surface area contributed by atoms with Crippen LogP contribution in [0.5, 0.6) is 5.75 Å². The molecule has 0 aliphatic heterocycles. The molecule has 0 unspecified atom stereocenters. The third-order valence-electron chi connectivity index (χ3n) is 4.56. The van der Waals surface area contributed by atoms with Crippen molar-refractivity contribution < 1.29 is 9.53 Å². The summed E-state index contributed by atoms with van der Waals surface area (Å²) >= 11 is 0. The summed E-state index contributed by atoms with van der Waals surface area (Å²) in [6.07, 6.45) is 1.93. The molecule has 1 amide bonds.